The number of amides is 1. The molecule has 0 bridgehead atoms. The zero-order valence-corrected chi connectivity index (χ0v) is 13.9. The van der Waals surface area contributed by atoms with E-state index in [1.165, 1.54) is 7.11 Å². The molecule has 0 saturated carbocycles. The van der Waals surface area contributed by atoms with E-state index in [-0.39, 0.29) is 11.5 Å². The maximum Gasteiger partial charge on any atom is 0.256 e. The molecule has 122 valence electrons. The Hall–Kier alpha value is -2.04. The fourth-order valence-electron chi connectivity index (χ4n) is 2.30. The van der Waals surface area contributed by atoms with Crippen molar-refractivity contribution in [2.45, 2.75) is 25.5 Å². The Morgan fingerprint density at radius 2 is 1.91 bits per heavy atom. The van der Waals surface area contributed by atoms with Gasteiger partial charge in [-0.3, -0.25) is 4.79 Å². The number of carbonyl (C=O) groups excluding carboxylic acids is 1. The number of hydrogen-bond acceptors (Lipinski definition) is 3. The Kier molecular flexibility index (Phi) is 6.02. The smallest absolute Gasteiger partial charge is 0.256 e. The van der Waals surface area contributed by atoms with Crippen LogP contribution in [0, 0.1) is 0 Å². The van der Waals surface area contributed by atoms with Crippen LogP contribution in [0.25, 0.3) is 0 Å². The van der Waals surface area contributed by atoms with Crippen molar-refractivity contribution in [1.82, 2.24) is 5.32 Å². The maximum atomic E-state index is 12.4. The van der Waals surface area contributed by atoms with Gasteiger partial charge in [0.1, 0.15) is 5.75 Å². The normalized spacial score (nSPS) is 13.2. The number of aliphatic hydroxyl groups is 1. The quantitative estimate of drug-likeness (QED) is 0.854. The molecule has 5 heteroatoms. The lowest BCUT2D eigenvalue weighted by atomic mass is 10.0. The number of aliphatic hydroxyl groups excluding tert-OH is 1. The van der Waals surface area contributed by atoms with E-state index in [4.69, 9.17) is 16.3 Å². The van der Waals surface area contributed by atoms with Crippen LogP contribution in [0.4, 0.5) is 0 Å². The van der Waals surface area contributed by atoms with Crippen LogP contribution in [0.5, 0.6) is 5.75 Å². The van der Waals surface area contributed by atoms with Gasteiger partial charge < -0.3 is 15.2 Å². The highest BCUT2D eigenvalue weighted by atomic mass is 35.5. The second kappa shape index (κ2) is 7.99. The summed E-state index contributed by atoms with van der Waals surface area (Å²) < 4.78 is 5.18. The summed E-state index contributed by atoms with van der Waals surface area (Å²) >= 11 is 6.09. The number of halogens is 1. The highest BCUT2D eigenvalue weighted by Crippen LogP contribution is 2.26. The van der Waals surface area contributed by atoms with Crippen LogP contribution in [0.1, 0.15) is 22.8 Å². The first-order valence-corrected chi connectivity index (χ1v) is 7.76. The second-order valence-corrected chi connectivity index (χ2v) is 5.74. The van der Waals surface area contributed by atoms with Crippen LogP contribution in [0.2, 0.25) is 5.02 Å². The summed E-state index contributed by atoms with van der Waals surface area (Å²) in [6.45, 7) is 1.76. The molecule has 0 spiro atoms. The maximum absolute atomic E-state index is 12.4. The van der Waals surface area contributed by atoms with E-state index < -0.39 is 12.1 Å². The highest BCUT2D eigenvalue weighted by Gasteiger charge is 2.21. The van der Waals surface area contributed by atoms with Crippen LogP contribution in [-0.4, -0.2) is 30.3 Å². The topological polar surface area (TPSA) is 58.6 Å². The third kappa shape index (κ3) is 4.47. The minimum Gasteiger partial charge on any atom is -0.496 e. The van der Waals surface area contributed by atoms with Crippen molar-refractivity contribution < 1.29 is 14.6 Å². The van der Waals surface area contributed by atoms with Gasteiger partial charge in [0.25, 0.3) is 5.91 Å². The third-order valence-electron chi connectivity index (χ3n) is 3.65. The molecule has 0 aliphatic rings. The molecular weight excluding hydrogens is 314 g/mol. The minimum atomic E-state index is -0.699. The van der Waals surface area contributed by atoms with E-state index in [9.17, 15) is 9.90 Å². The first kappa shape index (κ1) is 17.3. The molecule has 0 fully saturated rings. The van der Waals surface area contributed by atoms with E-state index in [0.717, 1.165) is 5.56 Å². The van der Waals surface area contributed by atoms with Crippen LogP contribution in [-0.2, 0) is 6.42 Å². The molecule has 2 aromatic carbocycles. The van der Waals surface area contributed by atoms with Gasteiger partial charge in [-0.2, -0.15) is 0 Å². The first-order valence-electron chi connectivity index (χ1n) is 7.38. The van der Waals surface area contributed by atoms with Crippen molar-refractivity contribution in [3.8, 4) is 5.75 Å². The summed E-state index contributed by atoms with van der Waals surface area (Å²) in [5.41, 5.74) is 1.28. The van der Waals surface area contributed by atoms with Gasteiger partial charge in [0.05, 0.1) is 29.8 Å². The van der Waals surface area contributed by atoms with Crippen molar-refractivity contribution in [2.24, 2.45) is 0 Å². The summed E-state index contributed by atoms with van der Waals surface area (Å²) in [5.74, 6) is 0.0341. The number of nitrogens with one attached hydrogen (secondary N) is 1. The lowest BCUT2D eigenvalue weighted by molar-refractivity contribution is 0.0849. The molecule has 2 rings (SSSR count). The van der Waals surface area contributed by atoms with Gasteiger partial charge in [-0.05, 0) is 24.6 Å². The summed E-state index contributed by atoms with van der Waals surface area (Å²) in [7, 11) is 1.48. The number of benzene rings is 2. The molecule has 0 aliphatic carbocycles. The standard InChI is InChI=1S/C18H20ClNO3/c1-12(15(21)11-13-7-4-3-5-8-13)20-18(22)17-14(19)9-6-10-16(17)23-2/h3-10,12,15,21H,11H2,1-2H3,(H,20,22). The number of methoxy groups -OCH3 is 1. The number of hydrogen-bond donors (Lipinski definition) is 2. The molecule has 23 heavy (non-hydrogen) atoms. The van der Waals surface area contributed by atoms with Gasteiger partial charge >= 0.3 is 0 Å². The van der Waals surface area contributed by atoms with Crippen molar-refractivity contribution in [3.63, 3.8) is 0 Å². The van der Waals surface area contributed by atoms with Crippen LogP contribution < -0.4 is 10.1 Å². The molecule has 0 heterocycles. The SMILES string of the molecule is COc1cccc(Cl)c1C(=O)NC(C)C(O)Cc1ccccc1. The molecule has 2 atom stereocenters. The predicted molar refractivity (Wildman–Crippen MR) is 91.1 cm³/mol. The zero-order chi connectivity index (χ0) is 16.8. The monoisotopic (exact) mass is 333 g/mol. The Bertz CT molecular complexity index is 661. The Labute approximate surface area is 141 Å². The molecule has 2 aromatic rings. The van der Waals surface area contributed by atoms with Crippen molar-refractivity contribution in [2.75, 3.05) is 7.11 Å². The lowest BCUT2D eigenvalue weighted by Gasteiger charge is -2.21. The molecule has 0 aliphatic heterocycles. The average Bonchev–Trinajstić information content (AvgIpc) is 2.55. The van der Waals surface area contributed by atoms with E-state index in [2.05, 4.69) is 5.32 Å². The first-order chi connectivity index (χ1) is 11.0. The van der Waals surface area contributed by atoms with Gasteiger partial charge in [-0.15, -0.1) is 0 Å². The molecule has 1 amide bonds. The lowest BCUT2D eigenvalue weighted by Crippen LogP contribution is -2.42. The molecule has 0 radical (unpaired) electrons. The van der Waals surface area contributed by atoms with Crippen molar-refractivity contribution in [1.29, 1.82) is 0 Å². The largest absolute Gasteiger partial charge is 0.496 e. The summed E-state index contributed by atoms with van der Waals surface area (Å²) in [6, 6.07) is 14.2. The van der Waals surface area contributed by atoms with E-state index >= 15 is 0 Å². The molecule has 0 aromatic heterocycles. The number of ether oxygens (including phenoxy) is 1. The summed E-state index contributed by atoms with van der Waals surface area (Å²) in [6.07, 6.45) is -0.239. The Morgan fingerprint density at radius 3 is 2.57 bits per heavy atom. The molecule has 2 unspecified atom stereocenters. The van der Waals surface area contributed by atoms with Crippen LogP contribution >= 0.6 is 11.6 Å². The van der Waals surface area contributed by atoms with Crippen LogP contribution in [0.3, 0.4) is 0 Å². The number of carbonyl (C=O) groups is 1. The third-order valence-corrected chi connectivity index (χ3v) is 3.96. The minimum absolute atomic E-state index is 0.274. The summed E-state index contributed by atoms with van der Waals surface area (Å²) in [4.78, 5) is 12.4. The van der Waals surface area contributed by atoms with E-state index in [1.54, 1.807) is 25.1 Å². The van der Waals surface area contributed by atoms with E-state index in [1.807, 2.05) is 30.3 Å². The van der Waals surface area contributed by atoms with Crippen molar-refractivity contribution >= 4 is 17.5 Å². The zero-order valence-electron chi connectivity index (χ0n) is 13.1. The number of rotatable bonds is 6. The van der Waals surface area contributed by atoms with Gasteiger partial charge in [0, 0.05) is 6.42 Å². The van der Waals surface area contributed by atoms with Crippen LogP contribution in [0.15, 0.2) is 48.5 Å². The molecule has 2 N–H and O–H groups in total. The van der Waals surface area contributed by atoms with Gasteiger partial charge in [-0.25, -0.2) is 0 Å². The van der Waals surface area contributed by atoms with Gasteiger partial charge in [-0.1, -0.05) is 48.0 Å². The van der Waals surface area contributed by atoms with Gasteiger partial charge in [0.2, 0.25) is 0 Å². The van der Waals surface area contributed by atoms with E-state index in [0.29, 0.717) is 17.2 Å². The molecule has 0 saturated heterocycles. The second-order valence-electron chi connectivity index (χ2n) is 5.34. The fourth-order valence-corrected chi connectivity index (χ4v) is 2.55. The van der Waals surface area contributed by atoms with Crippen molar-refractivity contribution in [3.05, 3.63) is 64.7 Å². The summed E-state index contributed by atoms with van der Waals surface area (Å²) in [5, 5.41) is 13.4. The Morgan fingerprint density at radius 1 is 1.22 bits per heavy atom. The molecule has 4 nitrogen and oxygen atoms in total. The Balaban J connectivity index is 2.05. The highest BCUT2D eigenvalue weighted by molar-refractivity contribution is 6.34. The fraction of sp³-hybridized carbons (Fsp3) is 0.278. The predicted octanol–water partition coefficient (Wildman–Crippen LogP) is 3.07. The molecular formula is C18H20ClNO3. The van der Waals surface area contributed by atoms with Gasteiger partial charge in [0.15, 0.2) is 0 Å². The average molecular weight is 334 g/mol.